The Balaban J connectivity index is 2.13. The van der Waals surface area contributed by atoms with E-state index in [1.165, 1.54) is 0 Å². The molecule has 0 spiro atoms. The van der Waals surface area contributed by atoms with Gasteiger partial charge in [0, 0.05) is 11.3 Å². The van der Waals surface area contributed by atoms with Crippen LogP contribution >= 0.6 is 0 Å². The van der Waals surface area contributed by atoms with Crippen molar-refractivity contribution in [2.45, 2.75) is 33.5 Å². The number of nitrogens with zero attached hydrogens (tertiary/aromatic N) is 1. The minimum Gasteiger partial charge on any atom is -0.456 e. The molecule has 22 heavy (non-hydrogen) atoms. The molecule has 1 atom stereocenters. The Kier molecular flexibility index (Phi) is 4.64. The molecule has 5 nitrogen and oxygen atoms in total. The van der Waals surface area contributed by atoms with Crippen LogP contribution in [-0.2, 0) is 11.3 Å². The number of nitrogens with one attached hydrogen (secondary N) is 1. The SMILES string of the molecule is Cc1[nH]c(C(=O)OCc2cccc(C#N)c2)c(C)c1[C@H](C)O. The average Bonchev–Trinajstić information content (AvgIpc) is 2.80. The Morgan fingerprint density at radius 2 is 2.18 bits per heavy atom. The zero-order valence-electron chi connectivity index (χ0n) is 12.8. The van der Waals surface area contributed by atoms with Crippen molar-refractivity contribution in [1.29, 1.82) is 5.26 Å². The van der Waals surface area contributed by atoms with Crippen LogP contribution in [0.4, 0.5) is 0 Å². The Morgan fingerprint density at radius 1 is 1.45 bits per heavy atom. The van der Waals surface area contributed by atoms with Crippen molar-refractivity contribution >= 4 is 5.97 Å². The van der Waals surface area contributed by atoms with Crippen LogP contribution in [0.2, 0.25) is 0 Å². The number of carbonyl (C=O) groups is 1. The molecule has 0 saturated heterocycles. The van der Waals surface area contributed by atoms with E-state index < -0.39 is 12.1 Å². The summed E-state index contributed by atoms with van der Waals surface area (Å²) in [5.41, 5.74) is 3.80. The molecule has 0 aliphatic rings. The minimum atomic E-state index is -0.648. The number of benzene rings is 1. The third-order valence-electron chi connectivity index (χ3n) is 3.54. The number of H-pyrrole nitrogens is 1. The smallest absolute Gasteiger partial charge is 0.355 e. The van der Waals surface area contributed by atoms with Crippen LogP contribution in [0.1, 0.15) is 51.5 Å². The number of hydrogen-bond donors (Lipinski definition) is 2. The first-order valence-electron chi connectivity index (χ1n) is 6.97. The van der Waals surface area contributed by atoms with Crippen LogP contribution in [0.25, 0.3) is 0 Å². The van der Waals surface area contributed by atoms with Gasteiger partial charge in [-0.25, -0.2) is 4.79 Å². The molecule has 0 fully saturated rings. The Morgan fingerprint density at radius 3 is 2.77 bits per heavy atom. The van der Waals surface area contributed by atoms with E-state index in [9.17, 15) is 9.90 Å². The lowest BCUT2D eigenvalue weighted by atomic mass is 10.1. The second-order valence-corrected chi connectivity index (χ2v) is 5.23. The summed E-state index contributed by atoms with van der Waals surface area (Å²) < 4.78 is 5.28. The van der Waals surface area contributed by atoms with E-state index in [2.05, 4.69) is 4.98 Å². The highest BCUT2D eigenvalue weighted by atomic mass is 16.5. The van der Waals surface area contributed by atoms with Crippen LogP contribution in [0.3, 0.4) is 0 Å². The van der Waals surface area contributed by atoms with Gasteiger partial charge in [-0.05, 0) is 44.0 Å². The molecular weight excluding hydrogens is 280 g/mol. The first kappa shape index (κ1) is 15.8. The molecular formula is C17H18N2O3. The zero-order valence-corrected chi connectivity index (χ0v) is 12.8. The van der Waals surface area contributed by atoms with Gasteiger partial charge in [-0.3, -0.25) is 0 Å². The van der Waals surface area contributed by atoms with Crippen molar-refractivity contribution in [2.24, 2.45) is 0 Å². The maximum absolute atomic E-state index is 12.2. The van der Waals surface area contributed by atoms with Gasteiger partial charge >= 0.3 is 5.97 Å². The number of aliphatic hydroxyl groups excluding tert-OH is 1. The van der Waals surface area contributed by atoms with Crippen LogP contribution in [0, 0.1) is 25.2 Å². The van der Waals surface area contributed by atoms with Gasteiger partial charge < -0.3 is 14.8 Å². The number of aromatic nitrogens is 1. The summed E-state index contributed by atoms with van der Waals surface area (Å²) in [7, 11) is 0. The molecule has 0 bridgehead atoms. The fourth-order valence-corrected chi connectivity index (χ4v) is 2.55. The highest BCUT2D eigenvalue weighted by Crippen LogP contribution is 2.25. The molecule has 2 rings (SSSR count). The molecule has 0 aliphatic heterocycles. The molecule has 0 unspecified atom stereocenters. The molecule has 1 aromatic carbocycles. The van der Waals surface area contributed by atoms with Crippen molar-refractivity contribution in [3.8, 4) is 6.07 Å². The van der Waals surface area contributed by atoms with Gasteiger partial charge in [0.25, 0.3) is 0 Å². The van der Waals surface area contributed by atoms with E-state index in [0.29, 0.717) is 16.8 Å². The first-order chi connectivity index (χ1) is 10.4. The summed E-state index contributed by atoms with van der Waals surface area (Å²) in [6.45, 7) is 5.34. The van der Waals surface area contributed by atoms with Gasteiger partial charge in [-0.1, -0.05) is 12.1 Å². The van der Waals surface area contributed by atoms with Gasteiger partial charge in [0.1, 0.15) is 12.3 Å². The van der Waals surface area contributed by atoms with E-state index >= 15 is 0 Å². The second kappa shape index (κ2) is 6.46. The predicted octanol–water partition coefficient (Wildman–Crippen LogP) is 2.91. The number of hydrogen-bond acceptors (Lipinski definition) is 4. The minimum absolute atomic E-state index is 0.0931. The first-order valence-corrected chi connectivity index (χ1v) is 6.97. The van der Waals surface area contributed by atoms with Crippen molar-refractivity contribution < 1.29 is 14.6 Å². The van der Waals surface area contributed by atoms with Gasteiger partial charge in [0.2, 0.25) is 0 Å². The quantitative estimate of drug-likeness (QED) is 0.850. The van der Waals surface area contributed by atoms with E-state index in [1.807, 2.05) is 13.0 Å². The number of aliphatic hydroxyl groups is 1. The molecule has 1 heterocycles. The predicted molar refractivity (Wildman–Crippen MR) is 81.2 cm³/mol. The number of nitriles is 1. The Hall–Kier alpha value is -2.58. The fourth-order valence-electron chi connectivity index (χ4n) is 2.55. The monoisotopic (exact) mass is 298 g/mol. The highest BCUT2D eigenvalue weighted by molar-refractivity contribution is 5.89. The van der Waals surface area contributed by atoms with Gasteiger partial charge in [0.05, 0.1) is 17.7 Å². The number of rotatable bonds is 4. The van der Waals surface area contributed by atoms with Crippen molar-refractivity contribution in [3.05, 3.63) is 57.9 Å². The molecule has 0 saturated carbocycles. The number of carbonyl (C=O) groups excluding carboxylic acids is 1. The summed E-state index contributed by atoms with van der Waals surface area (Å²) >= 11 is 0. The van der Waals surface area contributed by atoms with Crippen molar-refractivity contribution in [1.82, 2.24) is 4.98 Å². The van der Waals surface area contributed by atoms with Gasteiger partial charge in [0.15, 0.2) is 0 Å². The van der Waals surface area contributed by atoms with Crippen LogP contribution in [-0.4, -0.2) is 16.1 Å². The van der Waals surface area contributed by atoms with E-state index in [0.717, 1.165) is 16.8 Å². The standard InChI is InChI=1S/C17H18N2O3/c1-10-15(12(3)20)11(2)19-16(10)17(21)22-9-14-6-4-5-13(7-14)8-18/h4-7,12,19-20H,9H2,1-3H3/t12-/m0/s1. The highest BCUT2D eigenvalue weighted by Gasteiger charge is 2.20. The van der Waals surface area contributed by atoms with Crippen LogP contribution < -0.4 is 0 Å². The third-order valence-corrected chi connectivity index (χ3v) is 3.54. The lowest BCUT2D eigenvalue weighted by Gasteiger charge is -2.06. The summed E-state index contributed by atoms with van der Waals surface area (Å²) in [5.74, 6) is -0.477. The molecule has 0 radical (unpaired) electrons. The fraction of sp³-hybridized carbons (Fsp3) is 0.294. The summed E-state index contributed by atoms with van der Waals surface area (Å²) in [5, 5.41) is 18.6. The van der Waals surface area contributed by atoms with Crippen molar-refractivity contribution in [2.75, 3.05) is 0 Å². The van der Waals surface area contributed by atoms with E-state index in [1.54, 1.807) is 38.1 Å². The lowest BCUT2D eigenvalue weighted by molar-refractivity contribution is 0.0465. The molecule has 0 aliphatic carbocycles. The second-order valence-electron chi connectivity index (χ2n) is 5.23. The molecule has 2 aromatic rings. The average molecular weight is 298 g/mol. The number of aryl methyl sites for hydroxylation is 1. The normalized spacial score (nSPS) is 11.8. The summed E-state index contributed by atoms with van der Waals surface area (Å²) in [6.07, 6.45) is -0.648. The summed E-state index contributed by atoms with van der Waals surface area (Å²) in [4.78, 5) is 15.1. The maximum Gasteiger partial charge on any atom is 0.355 e. The maximum atomic E-state index is 12.2. The molecule has 0 amide bonds. The Bertz CT molecular complexity index is 739. The van der Waals surface area contributed by atoms with Gasteiger partial charge in [-0.2, -0.15) is 5.26 Å². The largest absolute Gasteiger partial charge is 0.456 e. The molecule has 1 aromatic heterocycles. The molecule has 114 valence electrons. The lowest BCUT2D eigenvalue weighted by Crippen LogP contribution is -2.07. The topological polar surface area (TPSA) is 86.1 Å². The number of ether oxygens (including phenoxy) is 1. The van der Waals surface area contributed by atoms with Crippen molar-refractivity contribution in [3.63, 3.8) is 0 Å². The van der Waals surface area contributed by atoms with E-state index in [4.69, 9.17) is 10.00 Å². The zero-order chi connectivity index (χ0) is 16.3. The summed E-state index contributed by atoms with van der Waals surface area (Å²) in [6, 6.07) is 8.96. The van der Waals surface area contributed by atoms with Gasteiger partial charge in [-0.15, -0.1) is 0 Å². The number of esters is 1. The molecule has 5 heteroatoms. The van der Waals surface area contributed by atoms with E-state index in [-0.39, 0.29) is 6.61 Å². The molecule has 2 N–H and O–H groups in total. The number of aromatic amines is 1. The third kappa shape index (κ3) is 3.18. The Labute approximate surface area is 129 Å². The van der Waals surface area contributed by atoms with Crippen LogP contribution in [0.15, 0.2) is 24.3 Å². The van der Waals surface area contributed by atoms with Crippen LogP contribution in [0.5, 0.6) is 0 Å².